The summed E-state index contributed by atoms with van der Waals surface area (Å²) in [5, 5.41) is 1.24. The standard InChI is InChI=1S/C25H17O2S.CHF3O3S/c26-25-21-13-7-8-14-23(21)27-24-16-15-20(17-22(24)25)28(18-9-3-1-4-10-18)19-11-5-2-6-12-19;2-1(3,4)8(5,6)7/h1-17H;(H,5,6,7)/q+1;/p-1. The highest BCUT2D eigenvalue weighted by Crippen LogP contribution is 2.32. The maximum atomic E-state index is 13.1. The zero-order chi connectivity index (χ0) is 25.9. The van der Waals surface area contributed by atoms with E-state index in [1.54, 1.807) is 0 Å². The Balaban J connectivity index is 0.000000331. The molecular formula is C26H17F3O5S2. The maximum absolute atomic E-state index is 13.1. The van der Waals surface area contributed by atoms with E-state index in [4.69, 9.17) is 17.4 Å². The van der Waals surface area contributed by atoms with Crippen molar-refractivity contribution in [2.75, 3.05) is 0 Å². The van der Waals surface area contributed by atoms with Crippen molar-refractivity contribution in [3.05, 3.63) is 113 Å². The van der Waals surface area contributed by atoms with Crippen molar-refractivity contribution < 1.29 is 30.6 Å². The van der Waals surface area contributed by atoms with Crippen LogP contribution >= 0.6 is 0 Å². The van der Waals surface area contributed by atoms with Gasteiger partial charge in [0.05, 0.1) is 21.7 Å². The van der Waals surface area contributed by atoms with Gasteiger partial charge in [-0.05, 0) is 48.5 Å². The molecule has 0 aliphatic heterocycles. The zero-order valence-electron chi connectivity index (χ0n) is 18.3. The SMILES string of the molecule is O=S(=O)([O-])C(F)(F)F.O=c1c2ccccc2oc2ccc([S+](c3ccccc3)c3ccccc3)cc12. The van der Waals surface area contributed by atoms with Crippen LogP contribution < -0.4 is 5.43 Å². The molecule has 1 aromatic heterocycles. The van der Waals surface area contributed by atoms with Crippen molar-refractivity contribution in [3.8, 4) is 0 Å². The van der Waals surface area contributed by atoms with Crippen LogP contribution in [0.15, 0.2) is 127 Å². The molecule has 10 heteroatoms. The van der Waals surface area contributed by atoms with Crippen LogP contribution in [0.2, 0.25) is 0 Å². The van der Waals surface area contributed by atoms with Gasteiger partial charge in [-0.3, -0.25) is 4.79 Å². The molecule has 0 saturated heterocycles. The summed E-state index contributed by atoms with van der Waals surface area (Å²) in [5.41, 5.74) is -4.38. The predicted molar refractivity (Wildman–Crippen MR) is 131 cm³/mol. The van der Waals surface area contributed by atoms with Crippen LogP contribution in [0.1, 0.15) is 0 Å². The van der Waals surface area contributed by atoms with Gasteiger partial charge in [0, 0.05) is 6.07 Å². The summed E-state index contributed by atoms with van der Waals surface area (Å²) in [6.45, 7) is 0. The molecule has 4 aromatic carbocycles. The Morgan fingerprint density at radius 2 is 1.14 bits per heavy atom. The molecule has 0 aliphatic rings. The summed E-state index contributed by atoms with van der Waals surface area (Å²) in [4.78, 5) is 16.6. The van der Waals surface area contributed by atoms with E-state index in [0.29, 0.717) is 21.9 Å². The van der Waals surface area contributed by atoms with Crippen molar-refractivity contribution in [1.82, 2.24) is 0 Å². The Hall–Kier alpha value is -3.60. The average molecular weight is 531 g/mol. The van der Waals surface area contributed by atoms with Crippen LogP contribution in [0.3, 0.4) is 0 Å². The number of hydrogen-bond acceptors (Lipinski definition) is 5. The molecule has 184 valence electrons. The number of alkyl halides is 3. The molecule has 0 radical (unpaired) electrons. The Morgan fingerprint density at radius 3 is 1.67 bits per heavy atom. The zero-order valence-corrected chi connectivity index (χ0v) is 19.9. The molecule has 5 nitrogen and oxygen atoms in total. The van der Waals surface area contributed by atoms with Gasteiger partial charge in [-0.2, -0.15) is 13.2 Å². The summed E-state index contributed by atoms with van der Waals surface area (Å²) in [5.74, 6) is 0. The third kappa shape index (κ3) is 5.46. The monoisotopic (exact) mass is 530 g/mol. The molecule has 0 unspecified atom stereocenters. The molecule has 0 saturated carbocycles. The van der Waals surface area contributed by atoms with Gasteiger partial charge < -0.3 is 8.97 Å². The van der Waals surface area contributed by atoms with Gasteiger partial charge in [0.25, 0.3) is 0 Å². The minimum Gasteiger partial charge on any atom is -0.741 e. The van der Waals surface area contributed by atoms with Gasteiger partial charge in [-0.25, -0.2) is 8.42 Å². The first-order chi connectivity index (χ1) is 17.1. The molecule has 5 rings (SSSR count). The van der Waals surface area contributed by atoms with E-state index in [1.807, 2.05) is 48.5 Å². The van der Waals surface area contributed by atoms with Crippen molar-refractivity contribution in [1.29, 1.82) is 0 Å². The number of benzene rings is 4. The molecule has 0 bridgehead atoms. The van der Waals surface area contributed by atoms with Gasteiger partial charge in [0.2, 0.25) is 5.43 Å². The first-order valence-electron chi connectivity index (χ1n) is 10.4. The second-order valence-electron chi connectivity index (χ2n) is 7.42. The molecular weight excluding hydrogens is 513 g/mol. The molecule has 1 heterocycles. The van der Waals surface area contributed by atoms with E-state index in [-0.39, 0.29) is 16.3 Å². The normalized spacial score (nSPS) is 11.9. The van der Waals surface area contributed by atoms with Crippen molar-refractivity contribution in [2.45, 2.75) is 20.2 Å². The van der Waals surface area contributed by atoms with E-state index in [1.165, 1.54) is 9.79 Å². The second kappa shape index (κ2) is 10.2. The molecule has 0 N–H and O–H groups in total. The highest BCUT2D eigenvalue weighted by Gasteiger charge is 2.37. The lowest BCUT2D eigenvalue weighted by molar-refractivity contribution is -0.0517. The molecule has 0 fully saturated rings. The van der Waals surface area contributed by atoms with Gasteiger partial charge in [-0.15, -0.1) is 0 Å². The summed E-state index contributed by atoms with van der Waals surface area (Å²) < 4.78 is 64.9. The average Bonchev–Trinajstić information content (AvgIpc) is 2.85. The highest BCUT2D eigenvalue weighted by molar-refractivity contribution is 7.97. The molecule has 0 atom stereocenters. The van der Waals surface area contributed by atoms with Crippen LogP contribution in [0.4, 0.5) is 13.2 Å². The summed E-state index contributed by atoms with van der Waals surface area (Å²) >= 11 is 0. The number of hydrogen-bond donors (Lipinski definition) is 0. The van der Waals surface area contributed by atoms with Gasteiger partial charge in [0.15, 0.2) is 24.8 Å². The van der Waals surface area contributed by atoms with E-state index < -0.39 is 15.6 Å². The summed E-state index contributed by atoms with van der Waals surface area (Å²) in [7, 11) is -6.38. The predicted octanol–water partition coefficient (Wildman–Crippen LogP) is 6.09. The van der Waals surface area contributed by atoms with Crippen LogP contribution in [-0.4, -0.2) is 18.5 Å². The Bertz CT molecular complexity index is 1630. The third-order valence-corrected chi connectivity index (χ3v) is 7.80. The molecule has 0 aliphatic carbocycles. The van der Waals surface area contributed by atoms with Gasteiger partial charge >= 0.3 is 5.51 Å². The first kappa shape index (κ1) is 25.5. The van der Waals surface area contributed by atoms with E-state index in [9.17, 15) is 18.0 Å². The minimum absolute atomic E-state index is 0.0170. The molecule has 36 heavy (non-hydrogen) atoms. The maximum Gasteiger partial charge on any atom is 0.485 e. The quantitative estimate of drug-likeness (QED) is 0.122. The highest BCUT2D eigenvalue weighted by atomic mass is 32.2. The van der Waals surface area contributed by atoms with Crippen LogP contribution in [0.25, 0.3) is 21.9 Å². The molecule has 5 aromatic rings. The fourth-order valence-corrected chi connectivity index (χ4v) is 5.55. The van der Waals surface area contributed by atoms with Crippen LogP contribution in [0.5, 0.6) is 0 Å². The van der Waals surface area contributed by atoms with E-state index >= 15 is 0 Å². The lowest BCUT2D eigenvalue weighted by atomic mass is 10.1. The second-order valence-corrected chi connectivity index (χ2v) is 10.8. The Kier molecular flexibility index (Phi) is 7.21. The van der Waals surface area contributed by atoms with Crippen molar-refractivity contribution in [2.24, 2.45) is 0 Å². The third-order valence-electron chi connectivity index (χ3n) is 5.02. The van der Waals surface area contributed by atoms with Gasteiger partial charge in [-0.1, -0.05) is 48.5 Å². The fraction of sp³-hybridized carbons (Fsp3) is 0.0385. The first-order valence-corrected chi connectivity index (χ1v) is 13.0. The van der Waals surface area contributed by atoms with Crippen molar-refractivity contribution >= 4 is 43.0 Å². The van der Waals surface area contributed by atoms with E-state index in [0.717, 1.165) is 4.90 Å². The van der Waals surface area contributed by atoms with Crippen LogP contribution in [0, 0.1) is 0 Å². The number of fused-ring (bicyclic) bond motifs is 2. The summed E-state index contributed by atoms with van der Waals surface area (Å²) in [6.07, 6.45) is 0. The number of halogens is 3. The topological polar surface area (TPSA) is 87.4 Å². The fourth-order valence-electron chi connectivity index (χ4n) is 3.43. The lowest BCUT2D eigenvalue weighted by Crippen LogP contribution is -2.21. The number of para-hydroxylation sites is 1. The number of rotatable bonds is 3. The molecule has 0 spiro atoms. The van der Waals surface area contributed by atoms with Crippen LogP contribution in [-0.2, 0) is 21.0 Å². The molecule has 0 amide bonds. The Labute approximate surface area is 206 Å². The Morgan fingerprint density at radius 1 is 0.667 bits per heavy atom. The smallest absolute Gasteiger partial charge is 0.485 e. The summed E-state index contributed by atoms with van der Waals surface area (Å²) in [6, 6.07) is 34.2. The lowest BCUT2D eigenvalue weighted by Gasteiger charge is -2.09. The largest absolute Gasteiger partial charge is 0.741 e. The van der Waals surface area contributed by atoms with E-state index in [2.05, 4.69) is 54.6 Å². The minimum atomic E-state index is -6.09. The van der Waals surface area contributed by atoms with Gasteiger partial charge in [0.1, 0.15) is 11.2 Å². The van der Waals surface area contributed by atoms with Crippen molar-refractivity contribution in [3.63, 3.8) is 0 Å².